The molecule has 0 bridgehead atoms. The second kappa shape index (κ2) is 7.77. The van der Waals surface area contributed by atoms with Crippen molar-refractivity contribution in [3.8, 4) is 0 Å². The van der Waals surface area contributed by atoms with Crippen LogP contribution in [-0.4, -0.2) is 47.6 Å². The largest absolute Gasteiger partial charge is 0.478 e. The summed E-state index contributed by atoms with van der Waals surface area (Å²) in [5.41, 5.74) is 0.890. The van der Waals surface area contributed by atoms with Crippen LogP contribution in [0.5, 0.6) is 0 Å². The van der Waals surface area contributed by atoms with Crippen molar-refractivity contribution in [3.63, 3.8) is 0 Å². The molecule has 0 amide bonds. The van der Waals surface area contributed by atoms with Gasteiger partial charge < -0.3 is 5.11 Å². The van der Waals surface area contributed by atoms with Gasteiger partial charge in [-0.25, -0.2) is 4.79 Å². The molecule has 88 valence electrons. The van der Waals surface area contributed by atoms with Gasteiger partial charge in [-0.1, -0.05) is 5.57 Å². The van der Waals surface area contributed by atoms with Crippen LogP contribution in [0.1, 0.15) is 20.3 Å². The smallest absolute Gasteiger partial charge is 0.328 e. The minimum absolute atomic E-state index is 0.495. The summed E-state index contributed by atoms with van der Waals surface area (Å²) in [4.78, 5) is 12.6. The molecule has 0 aliphatic carbocycles. The number of carboxylic acid groups (broad SMARTS) is 1. The van der Waals surface area contributed by atoms with Crippen molar-refractivity contribution in [1.82, 2.24) is 4.90 Å². The fraction of sp³-hybridized carbons (Fsp3) is 0.727. The highest BCUT2D eigenvalue weighted by atomic mass is 32.2. The zero-order chi connectivity index (χ0) is 11.8. The molecule has 0 fully saturated rings. The molecule has 1 atom stereocenters. The van der Waals surface area contributed by atoms with Crippen molar-refractivity contribution in [2.75, 3.05) is 25.6 Å². The first-order valence-electron chi connectivity index (χ1n) is 5.06. The van der Waals surface area contributed by atoms with Crippen molar-refractivity contribution in [1.29, 1.82) is 0 Å². The van der Waals surface area contributed by atoms with Gasteiger partial charge in [-0.3, -0.25) is 4.90 Å². The molecule has 1 N–H and O–H groups in total. The molecular weight excluding hydrogens is 210 g/mol. The molecule has 0 saturated carbocycles. The van der Waals surface area contributed by atoms with E-state index >= 15 is 0 Å². The Hall–Kier alpha value is -0.480. The molecule has 15 heavy (non-hydrogen) atoms. The second-order valence-electron chi connectivity index (χ2n) is 3.87. The SMILES string of the molecule is CSCCC(C)N(C)CC(C)=CC(=O)O. The molecule has 0 radical (unpaired) electrons. The Bertz CT molecular complexity index is 229. The van der Waals surface area contributed by atoms with Gasteiger partial charge in [0.05, 0.1) is 0 Å². The molecule has 4 heteroatoms. The molecule has 0 aromatic heterocycles. The number of carboxylic acids is 1. The van der Waals surface area contributed by atoms with Gasteiger partial charge in [0.15, 0.2) is 0 Å². The predicted octanol–water partition coefficient (Wildman–Crippen LogP) is 2.09. The van der Waals surface area contributed by atoms with Gasteiger partial charge in [0.1, 0.15) is 0 Å². The lowest BCUT2D eigenvalue weighted by Crippen LogP contribution is -2.31. The summed E-state index contributed by atoms with van der Waals surface area (Å²) in [6.07, 6.45) is 4.51. The van der Waals surface area contributed by atoms with E-state index in [9.17, 15) is 4.79 Å². The Morgan fingerprint density at radius 3 is 2.67 bits per heavy atom. The van der Waals surface area contributed by atoms with Crippen LogP contribution in [0.3, 0.4) is 0 Å². The fourth-order valence-electron chi connectivity index (χ4n) is 1.31. The Labute approximate surface area is 96.5 Å². The number of aliphatic carboxylic acids is 1. The van der Waals surface area contributed by atoms with E-state index in [1.165, 1.54) is 6.08 Å². The molecule has 0 heterocycles. The minimum Gasteiger partial charge on any atom is -0.478 e. The molecule has 3 nitrogen and oxygen atoms in total. The topological polar surface area (TPSA) is 40.5 Å². The van der Waals surface area contributed by atoms with Crippen LogP contribution in [0.25, 0.3) is 0 Å². The monoisotopic (exact) mass is 231 g/mol. The van der Waals surface area contributed by atoms with Crippen molar-refractivity contribution in [2.24, 2.45) is 0 Å². The zero-order valence-electron chi connectivity index (χ0n) is 9.99. The number of rotatable bonds is 7. The van der Waals surface area contributed by atoms with Gasteiger partial charge in [0.25, 0.3) is 0 Å². The average molecular weight is 231 g/mol. The first-order valence-corrected chi connectivity index (χ1v) is 6.46. The summed E-state index contributed by atoms with van der Waals surface area (Å²) >= 11 is 1.84. The van der Waals surface area contributed by atoms with Crippen LogP contribution in [0.4, 0.5) is 0 Å². The van der Waals surface area contributed by atoms with E-state index in [2.05, 4.69) is 18.1 Å². The van der Waals surface area contributed by atoms with Crippen LogP contribution in [0.2, 0.25) is 0 Å². The molecule has 0 spiro atoms. The summed E-state index contributed by atoms with van der Waals surface area (Å²) in [6.45, 7) is 4.75. The van der Waals surface area contributed by atoms with Gasteiger partial charge >= 0.3 is 5.97 Å². The molecule has 0 rings (SSSR count). The van der Waals surface area contributed by atoms with Crippen LogP contribution in [-0.2, 0) is 4.79 Å². The summed E-state index contributed by atoms with van der Waals surface area (Å²) in [7, 11) is 2.03. The number of carbonyl (C=O) groups is 1. The summed E-state index contributed by atoms with van der Waals surface area (Å²) in [6, 6.07) is 0.495. The third kappa shape index (κ3) is 7.45. The second-order valence-corrected chi connectivity index (χ2v) is 4.86. The highest BCUT2D eigenvalue weighted by Crippen LogP contribution is 2.07. The molecule has 0 aliphatic heterocycles. The quantitative estimate of drug-likeness (QED) is 0.681. The van der Waals surface area contributed by atoms with Crippen LogP contribution in [0, 0.1) is 0 Å². The predicted molar refractivity (Wildman–Crippen MR) is 66.5 cm³/mol. The lowest BCUT2D eigenvalue weighted by molar-refractivity contribution is -0.131. The van der Waals surface area contributed by atoms with E-state index < -0.39 is 5.97 Å². The van der Waals surface area contributed by atoms with E-state index in [0.717, 1.165) is 24.3 Å². The minimum atomic E-state index is -0.863. The molecule has 0 aromatic carbocycles. The maximum absolute atomic E-state index is 10.4. The summed E-state index contributed by atoms with van der Waals surface area (Å²) < 4.78 is 0. The Morgan fingerprint density at radius 1 is 1.60 bits per heavy atom. The van der Waals surface area contributed by atoms with E-state index in [-0.39, 0.29) is 0 Å². The number of hydrogen-bond acceptors (Lipinski definition) is 3. The Morgan fingerprint density at radius 2 is 2.20 bits per heavy atom. The van der Waals surface area contributed by atoms with E-state index in [1.807, 2.05) is 25.7 Å². The Kier molecular flexibility index (Phi) is 7.52. The van der Waals surface area contributed by atoms with Crippen molar-refractivity contribution >= 4 is 17.7 Å². The lowest BCUT2D eigenvalue weighted by Gasteiger charge is -2.24. The number of thioether (sulfide) groups is 1. The third-order valence-corrected chi connectivity index (χ3v) is 3.00. The van der Waals surface area contributed by atoms with Crippen molar-refractivity contribution < 1.29 is 9.90 Å². The highest BCUT2D eigenvalue weighted by Gasteiger charge is 2.09. The van der Waals surface area contributed by atoms with Crippen LogP contribution >= 0.6 is 11.8 Å². The first-order chi connectivity index (χ1) is 6.97. The maximum Gasteiger partial charge on any atom is 0.328 e. The fourth-order valence-corrected chi connectivity index (χ4v) is 1.89. The summed E-state index contributed by atoms with van der Waals surface area (Å²) in [5.74, 6) is 0.283. The summed E-state index contributed by atoms with van der Waals surface area (Å²) in [5, 5.41) is 8.58. The van der Waals surface area contributed by atoms with Gasteiger partial charge in [-0.05, 0) is 39.3 Å². The van der Waals surface area contributed by atoms with Gasteiger partial charge in [0, 0.05) is 18.7 Å². The number of nitrogens with zero attached hydrogens (tertiary/aromatic N) is 1. The molecule has 1 unspecified atom stereocenters. The van der Waals surface area contributed by atoms with E-state index in [1.54, 1.807) is 0 Å². The van der Waals surface area contributed by atoms with Crippen molar-refractivity contribution in [3.05, 3.63) is 11.6 Å². The average Bonchev–Trinajstić information content (AvgIpc) is 2.12. The van der Waals surface area contributed by atoms with Crippen LogP contribution < -0.4 is 0 Å². The third-order valence-electron chi connectivity index (χ3n) is 2.36. The molecular formula is C11H21NO2S. The highest BCUT2D eigenvalue weighted by molar-refractivity contribution is 7.98. The molecule has 0 saturated heterocycles. The van der Waals surface area contributed by atoms with Crippen LogP contribution in [0.15, 0.2) is 11.6 Å². The van der Waals surface area contributed by atoms with E-state index in [4.69, 9.17) is 5.11 Å². The normalized spacial score (nSPS) is 14.3. The van der Waals surface area contributed by atoms with E-state index in [0.29, 0.717) is 6.04 Å². The molecule has 0 aliphatic rings. The van der Waals surface area contributed by atoms with Gasteiger partial charge in [-0.2, -0.15) is 11.8 Å². The van der Waals surface area contributed by atoms with Gasteiger partial charge in [-0.15, -0.1) is 0 Å². The maximum atomic E-state index is 10.4. The standard InChI is InChI=1S/C11H21NO2S/c1-9(7-11(13)14)8-12(3)10(2)5-6-15-4/h7,10H,5-6,8H2,1-4H3,(H,13,14). The molecule has 0 aromatic rings. The Balaban J connectivity index is 4.00. The zero-order valence-corrected chi connectivity index (χ0v) is 10.8. The first kappa shape index (κ1) is 14.5. The number of hydrogen-bond donors (Lipinski definition) is 1. The lowest BCUT2D eigenvalue weighted by atomic mass is 10.2. The van der Waals surface area contributed by atoms with Gasteiger partial charge in [0.2, 0.25) is 0 Å². The number of likely N-dealkylation sites (N-methyl/N-ethyl adjacent to an activating group) is 1. The van der Waals surface area contributed by atoms with Crippen molar-refractivity contribution in [2.45, 2.75) is 26.3 Å².